The molecule has 0 radical (unpaired) electrons. The molecule has 4 heterocycles. The fraction of sp³-hybridized carbons (Fsp3) is 0.500. The number of nitrogens with zero attached hydrogens (tertiary/aromatic N) is 3. The molecular formula is C28H36N4O4S2. The molecule has 204 valence electrons. The Labute approximate surface area is 232 Å². The van der Waals surface area contributed by atoms with Gasteiger partial charge in [-0.05, 0) is 64.8 Å². The molecule has 2 fully saturated rings. The van der Waals surface area contributed by atoms with Crippen LogP contribution in [-0.4, -0.2) is 61.3 Å². The number of hydrogen-bond acceptors (Lipinski definition) is 10. The van der Waals surface area contributed by atoms with Gasteiger partial charge in [0.05, 0.1) is 35.6 Å². The number of rotatable bonds is 7. The average molecular weight is 557 g/mol. The quantitative estimate of drug-likeness (QED) is 0.382. The molecule has 2 aromatic heterocycles. The van der Waals surface area contributed by atoms with Gasteiger partial charge in [-0.1, -0.05) is 18.2 Å². The minimum absolute atomic E-state index is 0.250. The van der Waals surface area contributed by atoms with E-state index in [-0.39, 0.29) is 11.9 Å². The van der Waals surface area contributed by atoms with Crippen LogP contribution in [0.25, 0.3) is 0 Å². The molecule has 1 N–H and O–H groups in total. The van der Waals surface area contributed by atoms with Gasteiger partial charge in [0.2, 0.25) is 0 Å². The highest BCUT2D eigenvalue weighted by Crippen LogP contribution is 2.33. The van der Waals surface area contributed by atoms with Crippen molar-refractivity contribution >= 4 is 40.3 Å². The van der Waals surface area contributed by atoms with Crippen LogP contribution in [-0.2, 0) is 9.47 Å². The number of hydrogen-bond donors (Lipinski definition) is 1. The maximum Gasteiger partial charge on any atom is 0.349 e. The molecule has 2 aliphatic rings. The summed E-state index contributed by atoms with van der Waals surface area (Å²) in [6.07, 6.45) is 7.66. The standard InChI is InChI=1S/C17H20N2O2S.C11H16N2O2S/c1-2-21-17(20)15-12-18-16(22-15)13-8-10-19(11-9-13)14-6-4-3-5-7-14;1-2-15-11(14)9-7-13-10(16-9)8-3-5-12-6-4-8/h3-7,12-13H,2,8-11H2,1H3;7-8,12H,2-6H2,1H3. The first-order valence-corrected chi connectivity index (χ1v) is 15.0. The summed E-state index contributed by atoms with van der Waals surface area (Å²) in [5.41, 5.74) is 1.28. The summed E-state index contributed by atoms with van der Waals surface area (Å²) in [6.45, 7) is 8.59. The number of benzene rings is 1. The molecule has 3 aromatic rings. The highest BCUT2D eigenvalue weighted by molar-refractivity contribution is 7.14. The molecule has 0 unspecified atom stereocenters. The first kappa shape index (κ1) is 28.2. The van der Waals surface area contributed by atoms with E-state index in [4.69, 9.17) is 9.47 Å². The normalized spacial score (nSPS) is 16.4. The van der Waals surface area contributed by atoms with Gasteiger partial charge >= 0.3 is 11.9 Å². The molecule has 0 atom stereocenters. The second-order valence-electron chi connectivity index (χ2n) is 9.19. The van der Waals surface area contributed by atoms with Gasteiger partial charge in [0.25, 0.3) is 0 Å². The van der Waals surface area contributed by atoms with Gasteiger partial charge in [0, 0.05) is 30.6 Å². The summed E-state index contributed by atoms with van der Waals surface area (Å²) in [7, 11) is 0. The van der Waals surface area contributed by atoms with Crippen LogP contribution < -0.4 is 10.2 Å². The summed E-state index contributed by atoms with van der Waals surface area (Å²) in [4.78, 5) is 35.6. The third-order valence-corrected chi connectivity index (χ3v) is 8.93. The number of para-hydroxylation sites is 1. The zero-order valence-electron chi connectivity index (χ0n) is 22.1. The van der Waals surface area contributed by atoms with Crippen molar-refractivity contribution < 1.29 is 19.1 Å². The topological polar surface area (TPSA) is 93.6 Å². The number of esters is 2. The second kappa shape index (κ2) is 14.4. The maximum absolute atomic E-state index is 11.7. The largest absolute Gasteiger partial charge is 0.462 e. The highest BCUT2D eigenvalue weighted by atomic mass is 32.1. The van der Waals surface area contributed by atoms with Crippen LogP contribution in [0.3, 0.4) is 0 Å². The zero-order chi connectivity index (χ0) is 26.7. The molecule has 0 saturated carbocycles. The Morgan fingerprint density at radius 2 is 1.34 bits per heavy atom. The Morgan fingerprint density at radius 1 is 0.842 bits per heavy atom. The van der Waals surface area contributed by atoms with Crippen molar-refractivity contribution in [2.75, 3.05) is 44.3 Å². The van der Waals surface area contributed by atoms with Crippen LogP contribution in [0.15, 0.2) is 42.7 Å². The number of anilines is 1. The highest BCUT2D eigenvalue weighted by Gasteiger charge is 2.24. The number of nitrogens with one attached hydrogen (secondary N) is 1. The Balaban J connectivity index is 0.000000186. The lowest BCUT2D eigenvalue weighted by Gasteiger charge is -2.32. The smallest absolute Gasteiger partial charge is 0.349 e. The van der Waals surface area contributed by atoms with Gasteiger partial charge in [-0.15, -0.1) is 22.7 Å². The lowest BCUT2D eigenvalue weighted by atomic mass is 9.97. The maximum atomic E-state index is 11.7. The monoisotopic (exact) mass is 556 g/mol. The summed E-state index contributed by atoms with van der Waals surface area (Å²) in [5.74, 6) is 0.454. The molecule has 0 aliphatic carbocycles. The van der Waals surface area contributed by atoms with Crippen molar-refractivity contribution in [1.82, 2.24) is 15.3 Å². The molecule has 5 rings (SSSR count). The predicted molar refractivity (Wildman–Crippen MR) is 152 cm³/mol. The molecule has 2 saturated heterocycles. The Hall–Kier alpha value is -2.82. The number of carbonyl (C=O) groups excluding carboxylic acids is 2. The number of ether oxygens (including phenoxy) is 2. The molecule has 38 heavy (non-hydrogen) atoms. The van der Waals surface area contributed by atoms with Crippen molar-refractivity contribution in [3.8, 4) is 0 Å². The summed E-state index contributed by atoms with van der Waals surface area (Å²) >= 11 is 2.95. The minimum atomic E-state index is -0.257. The Morgan fingerprint density at radius 3 is 1.84 bits per heavy atom. The van der Waals surface area contributed by atoms with E-state index >= 15 is 0 Å². The molecule has 0 spiro atoms. The molecule has 1 aromatic carbocycles. The van der Waals surface area contributed by atoms with Crippen LogP contribution in [0, 0.1) is 0 Å². The van der Waals surface area contributed by atoms with Crippen molar-refractivity contribution in [2.24, 2.45) is 0 Å². The molecule has 2 aliphatic heterocycles. The summed E-state index contributed by atoms with van der Waals surface area (Å²) in [6, 6.07) is 10.5. The van der Waals surface area contributed by atoms with E-state index in [0.717, 1.165) is 61.9 Å². The van der Waals surface area contributed by atoms with E-state index in [2.05, 4.69) is 44.5 Å². The van der Waals surface area contributed by atoms with E-state index in [0.29, 0.717) is 34.8 Å². The van der Waals surface area contributed by atoms with Gasteiger partial charge in [0.15, 0.2) is 0 Å². The number of aromatic nitrogens is 2. The average Bonchev–Trinajstić information content (AvgIpc) is 3.66. The lowest BCUT2D eigenvalue weighted by molar-refractivity contribution is 0.0522. The fourth-order valence-electron chi connectivity index (χ4n) is 4.64. The van der Waals surface area contributed by atoms with Crippen LogP contribution in [0.2, 0.25) is 0 Å². The van der Waals surface area contributed by atoms with Crippen LogP contribution in [0.5, 0.6) is 0 Å². The molecular weight excluding hydrogens is 520 g/mol. The van der Waals surface area contributed by atoms with Gasteiger partial charge in [-0.3, -0.25) is 0 Å². The van der Waals surface area contributed by atoms with E-state index in [9.17, 15) is 9.59 Å². The van der Waals surface area contributed by atoms with Crippen LogP contribution in [0.4, 0.5) is 5.69 Å². The number of thiazole rings is 2. The van der Waals surface area contributed by atoms with Gasteiger partial charge in [-0.2, -0.15) is 0 Å². The summed E-state index contributed by atoms with van der Waals surface area (Å²) in [5, 5.41) is 5.46. The predicted octanol–water partition coefficient (Wildman–Crippen LogP) is 5.49. The molecule has 10 heteroatoms. The van der Waals surface area contributed by atoms with Crippen molar-refractivity contribution in [2.45, 2.75) is 51.4 Å². The molecule has 0 bridgehead atoms. The first-order valence-electron chi connectivity index (χ1n) is 13.3. The minimum Gasteiger partial charge on any atom is -0.462 e. The van der Waals surface area contributed by atoms with Crippen molar-refractivity contribution in [1.29, 1.82) is 0 Å². The van der Waals surface area contributed by atoms with Crippen molar-refractivity contribution in [3.63, 3.8) is 0 Å². The summed E-state index contributed by atoms with van der Waals surface area (Å²) < 4.78 is 9.97. The molecule has 0 amide bonds. The lowest BCUT2D eigenvalue weighted by Crippen LogP contribution is -2.32. The van der Waals surface area contributed by atoms with Gasteiger partial charge in [0.1, 0.15) is 9.75 Å². The van der Waals surface area contributed by atoms with Crippen molar-refractivity contribution in [3.05, 3.63) is 62.5 Å². The van der Waals surface area contributed by atoms with E-state index in [1.807, 2.05) is 19.9 Å². The zero-order valence-corrected chi connectivity index (χ0v) is 23.7. The number of piperidine rings is 2. The van der Waals surface area contributed by atoms with Crippen LogP contribution >= 0.6 is 22.7 Å². The third kappa shape index (κ3) is 7.61. The van der Waals surface area contributed by atoms with E-state index in [1.165, 1.54) is 28.4 Å². The van der Waals surface area contributed by atoms with Gasteiger partial charge < -0.3 is 19.7 Å². The van der Waals surface area contributed by atoms with E-state index < -0.39 is 0 Å². The van der Waals surface area contributed by atoms with E-state index in [1.54, 1.807) is 12.4 Å². The third-order valence-electron chi connectivity index (χ3n) is 6.65. The second-order valence-corrected chi connectivity index (χ2v) is 11.3. The first-order chi connectivity index (χ1) is 18.6. The van der Waals surface area contributed by atoms with Crippen LogP contribution in [0.1, 0.15) is 80.7 Å². The number of carbonyl (C=O) groups is 2. The molecule has 8 nitrogen and oxygen atoms in total. The Bertz CT molecular complexity index is 1150. The fourth-order valence-corrected chi connectivity index (χ4v) is 6.60. The SMILES string of the molecule is CCOC(=O)c1cnc(C2CCN(c3ccccc3)CC2)s1.CCOC(=O)c1cnc(C2CCNCC2)s1. The van der Waals surface area contributed by atoms with Gasteiger partial charge in [-0.25, -0.2) is 19.6 Å². The Kier molecular flexibility index (Phi) is 10.7.